The predicted octanol–water partition coefficient (Wildman–Crippen LogP) is 5.94. The van der Waals surface area contributed by atoms with Crippen molar-refractivity contribution < 1.29 is 24.9 Å². The van der Waals surface area contributed by atoms with Crippen LogP contribution in [0, 0.1) is 75.4 Å². The van der Waals surface area contributed by atoms with Crippen molar-refractivity contribution in [2.45, 2.75) is 120 Å². The Kier molecular flexibility index (Phi) is 8.23. The van der Waals surface area contributed by atoms with Gasteiger partial charge in [-0.15, -0.1) is 0 Å². The largest absolute Gasteiger partial charge is 0.461 e. The highest BCUT2D eigenvalue weighted by Crippen LogP contribution is 2.75. The summed E-state index contributed by atoms with van der Waals surface area (Å²) in [5, 5.41) is 32.8. The van der Waals surface area contributed by atoms with E-state index in [-0.39, 0.29) is 47.8 Å². The van der Waals surface area contributed by atoms with Crippen molar-refractivity contribution >= 4 is 5.97 Å². The van der Waals surface area contributed by atoms with Crippen LogP contribution in [0.1, 0.15) is 101 Å². The molecule has 220 valence electrons. The third-order valence-corrected chi connectivity index (χ3v) is 14.1. The van der Waals surface area contributed by atoms with E-state index in [1.807, 2.05) is 13.8 Å². The van der Waals surface area contributed by atoms with Gasteiger partial charge in [-0.1, -0.05) is 62.3 Å². The van der Waals surface area contributed by atoms with Crippen LogP contribution in [0.2, 0.25) is 0 Å². The summed E-state index contributed by atoms with van der Waals surface area (Å²) in [6, 6.07) is 0. The molecule has 4 aliphatic carbocycles. The fourth-order valence-corrected chi connectivity index (χ4v) is 12.1. The molecule has 4 fully saturated rings. The molecule has 16 atom stereocenters. The number of esters is 1. The quantitative estimate of drug-likeness (QED) is 0.380. The van der Waals surface area contributed by atoms with E-state index in [0.29, 0.717) is 41.9 Å². The molecular weight excluding hydrogens is 476 g/mol. The molecule has 0 bridgehead atoms. The van der Waals surface area contributed by atoms with Crippen molar-refractivity contribution in [3.8, 4) is 0 Å². The van der Waals surface area contributed by atoms with Crippen LogP contribution in [0.15, 0.2) is 0 Å². The van der Waals surface area contributed by atoms with Crippen LogP contribution in [-0.4, -0.2) is 46.2 Å². The summed E-state index contributed by atoms with van der Waals surface area (Å²) in [7, 11) is 0. The predicted molar refractivity (Wildman–Crippen MR) is 151 cm³/mol. The first-order chi connectivity index (χ1) is 17.6. The second kappa shape index (κ2) is 10.3. The highest BCUT2D eigenvalue weighted by molar-refractivity contribution is 5.69. The summed E-state index contributed by atoms with van der Waals surface area (Å²) in [6.07, 6.45) is 2.84. The minimum Gasteiger partial charge on any atom is -0.461 e. The zero-order valence-electron chi connectivity index (χ0n) is 25.9. The van der Waals surface area contributed by atoms with E-state index in [9.17, 15) is 20.1 Å². The Morgan fingerprint density at radius 1 is 1.03 bits per heavy atom. The van der Waals surface area contributed by atoms with Crippen molar-refractivity contribution in [2.75, 3.05) is 6.61 Å². The Bertz CT molecular complexity index is 873. The molecular formula is C33H58O5. The Labute approximate surface area is 232 Å². The van der Waals surface area contributed by atoms with Gasteiger partial charge in [-0.05, 0) is 85.9 Å². The van der Waals surface area contributed by atoms with E-state index in [4.69, 9.17) is 4.74 Å². The lowest BCUT2D eigenvalue weighted by Crippen LogP contribution is -2.76. The summed E-state index contributed by atoms with van der Waals surface area (Å²) in [5.41, 5.74) is -1.12. The fourth-order valence-electron chi connectivity index (χ4n) is 12.1. The number of carbonyl (C=O) groups is 1. The molecule has 0 aliphatic heterocycles. The van der Waals surface area contributed by atoms with Crippen molar-refractivity contribution in [3.63, 3.8) is 0 Å². The number of aliphatic hydroxyl groups excluding tert-OH is 3. The Balaban J connectivity index is 1.90. The highest BCUT2D eigenvalue weighted by atomic mass is 16.5. The smallest absolute Gasteiger partial charge is 0.305 e. The van der Waals surface area contributed by atoms with Crippen molar-refractivity contribution in [1.29, 1.82) is 0 Å². The number of hydrogen-bond acceptors (Lipinski definition) is 5. The molecule has 16 unspecified atom stereocenters. The number of carbonyl (C=O) groups excluding carboxylic acids is 1. The minimum absolute atomic E-state index is 0.122. The lowest BCUT2D eigenvalue weighted by Gasteiger charge is -2.75. The number of rotatable bonds is 5. The maximum Gasteiger partial charge on any atom is 0.305 e. The van der Waals surface area contributed by atoms with Crippen molar-refractivity contribution in [1.82, 2.24) is 0 Å². The van der Waals surface area contributed by atoms with Gasteiger partial charge < -0.3 is 20.1 Å². The van der Waals surface area contributed by atoms with E-state index >= 15 is 0 Å². The highest BCUT2D eigenvalue weighted by Gasteiger charge is 2.75. The molecule has 0 amide bonds. The van der Waals surface area contributed by atoms with Gasteiger partial charge in [0.05, 0.1) is 12.2 Å². The van der Waals surface area contributed by atoms with Gasteiger partial charge in [-0.3, -0.25) is 4.79 Å². The van der Waals surface area contributed by atoms with Gasteiger partial charge in [0.2, 0.25) is 0 Å². The number of fused-ring (bicyclic) bond motifs is 3. The zero-order valence-corrected chi connectivity index (χ0v) is 25.9. The van der Waals surface area contributed by atoms with Gasteiger partial charge >= 0.3 is 5.97 Å². The summed E-state index contributed by atoms with van der Waals surface area (Å²) in [5.74, 6) is 3.25. The fraction of sp³-hybridized carbons (Fsp3) is 0.970. The van der Waals surface area contributed by atoms with Crippen LogP contribution in [0.25, 0.3) is 0 Å². The summed E-state index contributed by atoms with van der Waals surface area (Å²) >= 11 is 0. The number of hydrogen-bond donors (Lipinski definition) is 3. The number of aliphatic hydroxyl groups is 3. The molecule has 0 heterocycles. The second-order valence-electron chi connectivity index (χ2n) is 15.1. The molecule has 0 saturated heterocycles. The Morgan fingerprint density at radius 3 is 2.21 bits per heavy atom. The topological polar surface area (TPSA) is 87.0 Å². The van der Waals surface area contributed by atoms with Crippen LogP contribution in [0.5, 0.6) is 0 Å². The third kappa shape index (κ3) is 3.91. The summed E-state index contributed by atoms with van der Waals surface area (Å²) < 4.78 is 6.63. The van der Waals surface area contributed by atoms with E-state index in [1.165, 1.54) is 6.42 Å². The molecule has 3 N–H and O–H groups in total. The molecule has 0 aromatic carbocycles. The van der Waals surface area contributed by atoms with Crippen LogP contribution in [-0.2, 0) is 9.53 Å². The molecule has 38 heavy (non-hydrogen) atoms. The first-order valence-corrected chi connectivity index (χ1v) is 15.8. The molecule has 5 nitrogen and oxygen atoms in total. The Morgan fingerprint density at radius 2 is 1.66 bits per heavy atom. The van der Waals surface area contributed by atoms with E-state index in [0.717, 1.165) is 19.3 Å². The monoisotopic (exact) mass is 534 g/mol. The van der Waals surface area contributed by atoms with Gasteiger partial charge in [0.15, 0.2) is 0 Å². The molecule has 0 radical (unpaired) electrons. The maximum atomic E-state index is 13.1. The van der Waals surface area contributed by atoms with Crippen LogP contribution >= 0.6 is 0 Å². The van der Waals surface area contributed by atoms with Crippen LogP contribution < -0.4 is 0 Å². The lowest BCUT2D eigenvalue weighted by molar-refractivity contribution is -0.327. The molecule has 0 aromatic heterocycles. The average molecular weight is 535 g/mol. The second-order valence-corrected chi connectivity index (χ2v) is 15.1. The average Bonchev–Trinajstić information content (AvgIpc) is 2.84. The molecule has 0 spiro atoms. The summed E-state index contributed by atoms with van der Waals surface area (Å²) in [6.45, 7) is 22.7. The van der Waals surface area contributed by atoms with Crippen molar-refractivity contribution in [3.05, 3.63) is 0 Å². The van der Waals surface area contributed by atoms with Gasteiger partial charge in [-0.2, -0.15) is 0 Å². The maximum absolute atomic E-state index is 13.1. The lowest BCUT2D eigenvalue weighted by atomic mass is 9.30. The van der Waals surface area contributed by atoms with Gasteiger partial charge in [0, 0.05) is 35.2 Å². The Hall–Kier alpha value is -0.650. The van der Waals surface area contributed by atoms with E-state index in [2.05, 4.69) is 55.4 Å². The normalized spacial score (nSPS) is 55.3. The molecule has 4 aliphatic rings. The van der Waals surface area contributed by atoms with Crippen LogP contribution in [0.3, 0.4) is 0 Å². The third-order valence-electron chi connectivity index (χ3n) is 14.1. The molecule has 4 rings (SSSR count). The first-order valence-electron chi connectivity index (χ1n) is 15.8. The van der Waals surface area contributed by atoms with Gasteiger partial charge in [-0.25, -0.2) is 0 Å². The van der Waals surface area contributed by atoms with E-state index < -0.39 is 23.0 Å². The summed E-state index contributed by atoms with van der Waals surface area (Å²) in [4.78, 5) is 13.1. The van der Waals surface area contributed by atoms with Gasteiger partial charge in [0.1, 0.15) is 6.10 Å². The first kappa shape index (κ1) is 30.3. The molecule has 5 heteroatoms. The standard InChI is InChI=1S/C33H58O5/c1-11-25(36)38-30-31(8)16-17(2)26(22(7)35)29(37)33(31,10)21(6)28-19(4)27-18(3)23(14-15-34)12-13-24(27)20(5)32(28,30)9/h17-24,26-30,34-35,37H,11-16H2,1-10H3. The molecule has 0 aromatic rings. The van der Waals surface area contributed by atoms with Gasteiger partial charge in [0.25, 0.3) is 0 Å². The van der Waals surface area contributed by atoms with E-state index in [1.54, 1.807) is 0 Å². The number of ether oxygens (including phenoxy) is 1. The minimum atomic E-state index is -0.676. The SMILES string of the molecule is CCC(=O)OC1C2(C)C(C)C3CCC(CCO)C(C)C3C(C)C2C(C)C2(C)C(O)C(C(C)O)C(C)CC12C. The van der Waals surface area contributed by atoms with Crippen molar-refractivity contribution in [2.24, 2.45) is 75.4 Å². The zero-order chi connectivity index (χ0) is 28.5. The molecule has 4 saturated carbocycles. The van der Waals surface area contributed by atoms with Crippen LogP contribution in [0.4, 0.5) is 0 Å².